The van der Waals surface area contributed by atoms with Gasteiger partial charge in [-0.25, -0.2) is 0 Å². The maximum atomic E-state index is 12.0. The topological polar surface area (TPSA) is 105 Å². The normalized spacial score (nSPS) is 11.6. The highest BCUT2D eigenvalue weighted by Crippen LogP contribution is 2.20. The fourth-order valence-electron chi connectivity index (χ4n) is 2.19. The Bertz CT molecular complexity index is 634. The summed E-state index contributed by atoms with van der Waals surface area (Å²) in [5, 5.41) is 8.75. The lowest BCUT2D eigenvalue weighted by molar-refractivity contribution is -0.127. The molecule has 1 rings (SSSR count). The van der Waals surface area contributed by atoms with Gasteiger partial charge in [0.15, 0.2) is 5.11 Å². The number of hydrogen-bond acceptors (Lipinski definition) is 4. The standard InChI is InChI=1S/C17H26N4O3S/c1-10(2)7-14(16(18)23)20-15(22)9-19-17(25)21-13-6-5-12(24-4)8-11(13)3/h5-6,8,10,14H,7,9H2,1-4H3,(H2,18,23)(H,20,22)(H2,19,21,25). The summed E-state index contributed by atoms with van der Waals surface area (Å²) >= 11 is 5.19. The lowest BCUT2D eigenvalue weighted by atomic mass is 10.0. The molecule has 0 spiro atoms. The first-order valence-corrected chi connectivity index (χ1v) is 8.42. The summed E-state index contributed by atoms with van der Waals surface area (Å²) < 4.78 is 5.15. The predicted molar refractivity (Wildman–Crippen MR) is 103 cm³/mol. The maximum absolute atomic E-state index is 12.0. The van der Waals surface area contributed by atoms with E-state index in [0.717, 1.165) is 17.0 Å². The van der Waals surface area contributed by atoms with Crippen molar-refractivity contribution >= 4 is 34.8 Å². The fraction of sp³-hybridized carbons (Fsp3) is 0.471. The van der Waals surface area contributed by atoms with E-state index in [1.807, 2.05) is 39.0 Å². The summed E-state index contributed by atoms with van der Waals surface area (Å²) in [5.74, 6) is 0.104. The van der Waals surface area contributed by atoms with E-state index >= 15 is 0 Å². The van der Waals surface area contributed by atoms with E-state index in [2.05, 4.69) is 16.0 Å². The molecule has 0 saturated heterocycles. The van der Waals surface area contributed by atoms with Crippen LogP contribution in [0.1, 0.15) is 25.8 Å². The number of methoxy groups -OCH3 is 1. The number of carbonyl (C=O) groups excluding carboxylic acids is 2. The SMILES string of the molecule is COc1ccc(NC(=S)NCC(=O)NC(CC(C)C)C(N)=O)c(C)c1. The number of thiocarbonyl (C=S) groups is 1. The summed E-state index contributed by atoms with van der Waals surface area (Å²) in [6.45, 7) is 5.78. The van der Waals surface area contributed by atoms with Gasteiger partial charge < -0.3 is 26.4 Å². The molecule has 7 nitrogen and oxygen atoms in total. The third kappa shape index (κ3) is 7.38. The maximum Gasteiger partial charge on any atom is 0.240 e. The summed E-state index contributed by atoms with van der Waals surface area (Å²) in [6.07, 6.45) is 0.495. The van der Waals surface area contributed by atoms with Crippen molar-refractivity contribution in [2.24, 2.45) is 11.7 Å². The molecular weight excluding hydrogens is 340 g/mol. The van der Waals surface area contributed by atoms with Gasteiger partial charge in [-0.3, -0.25) is 9.59 Å². The number of amides is 2. The summed E-state index contributed by atoms with van der Waals surface area (Å²) in [4.78, 5) is 23.3. The van der Waals surface area contributed by atoms with Gasteiger partial charge in [0, 0.05) is 5.69 Å². The lowest BCUT2D eigenvalue weighted by Gasteiger charge is -2.18. The van der Waals surface area contributed by atoms with E-state index in [4.69, 9.17) is 22.7 Å². The molecule has 1 aromatic carbocycles. The minimum atomic E-state index is -0.681. The molecule has 1 atom stereocenters. The number of hydrogen-bond donors (Lipinski definition) is 4. The Morgan fingerprint density at radius 1 is 1.32 bits per heavy atom. The van der Waals surface area contributed by atoms with Gasteiger partial charge in [-0.1, -0.05) is 13.8 Å². The van der Waals surface area contributed by atoms with Crippen LogP contribution in [0.5, 0.6) is 5.75 Å². The number of nitrogens with one attached hydrogen (secondary N) is 3. The van der Waals surface area contributed by atoms with Gasteiger partial charge in [-0.05, 0) is 55.2 Å². The van der Waals surface area contributed by atoms with Gasteiger partial charge in [-0.2, -0.15) is 0 Å². The number of carbonyl (C=O) groups is 2. The molecule has 0 saturated carbocycles. The molecule has 2 amide bonds. The highest BCUT2D eigenvalue weighted by atomic mass is 32.1. The highest BCUT2D eigenvalue weighted by molar-refractivity contribution is 7.80. The first-order chi connectivity index (χ1) is 11.7. The van der Waals surface area contributed by atoms with E-state index < -0.39 is 11.9 Å². The van der Waals surface area contributed by atoms with Crippen LogP contribution in [-0.2, 0) is 9.59 Å². The van der Waals surface area contributed by atoms with Crippen molar-refractivity contribution in [3.8, 4) is 5.75 Å². The van der Waals surface area contributed by atoms with Crippen LogP contribution < -0.4 is 26.4 Å². The Morgan fingerprint density at radius 3 is 2.52 bits per heavy atom. The zero-order chi connectivity index (χ0) is 19.0. The summed E-state index contributed by atoms with van der Waals surface area (Å²) in [5.41, 5.74) is 7.08. The third-order valence-electron chi connectivity index (χ3n) is 3.48. The number of nitrogens with two attached hydrogens (primary N) is 1. The second-order valence-electron chi connectivity index (χ2n) is 6.14. The third-order valence-corrected chi connectivity index (χ3v) is 3.72. The molecule has 0 aromatic heterocycles. The van der Waals surface area contributed by atoms with Crippen molar-refractivity contribution in [1.29, 1.82) is 0 Å². The van der Waals surface area contributed by atoms with Crippen molar-refractivity contribution in [3.05, 3.63) is 23.8 Å². The van der Waals surface area contributed by atoms with Crippen LogP contribution in [0.25, 0.3) is 0 Å². The number of rotatable bonds is 8. The Morgan fingerprint density at radius 2 is 2.00 bits per heavy atom. The molecule has 25 heavy (non-hydrogen) atoms. The average molecular weight is 366 g/mol. The van der Waals surface area contributed by atoms with Crippen molar-refractivity contribution in [3.63, 3.8) is 0 Å². The van der Waals surface area contributed by atoms with Crippen molar-refractivity contribution < 1.29 is 14.3 Å². The number of aryl methyl sites for hydroxylation is 1. The molecule has 1 unspecified atom stereocenters. The highest BCUT2D eigenvalue weighted by Gasteiger charge is 2.19. The summed E-state index contributed by atoms with van der Waals surface area (Å²) in [7, 11) is 1.60. The minimum absolute atomic E-state index is 0.0527. The molecule has 1 aromatic rings. The Kier molecular flexibility index (Phi) is 8.13. The minimum Gasteiger partial charge on any atom is -0.497 e. The van der Waals surface area contributed by atoms with E-state index in [1.54, 1.807) is 7.11 Å². The van der Waals surface area contributed by atoms with Crippen molar-refractivity contribution in [2.45, 2.75) is 33.2 Å². The van der Waals surface area contributed by atoms with Gasteiger partial charge in [0.25, 0.3) is 0 Å². The van der Waals surface area contributed by atoms with Crippen LogP contribution in [0, 0.1) is 12.8 Å². The Balaban J connectivity index is 2.50. The zero-order valence-corrected chi connectivity index (χ0v) is 15.8. The van der Waals surface area contributed by atoms with Crippen LogP contribution in [0.15, 0.2) is 18.2 Å². The van der Waals surface area contributed by atoms with Gasteiger partial charge in [0.1, 0.15) is 11.8 Å². The van der Waals surface area contributed by atoms with Gasteiger partial charge in [-0.15, -0.1) is 0 Å². The predicted octanol–water partition coefficient (Wildman–Crippen LogP) is 1.31. The molecule has 0 radical (unpaired) electrons. The van der Waals surface area contributed by atoms with E-state index in [1.165, 1.54) is 0 Å². The first kappa shape index (κ1) is 20.7. The first-order valence-electron chi connectivity index (χ1n) is 8.01. The van der Waals surface area contributed by atoms with E-state index in [0.29, 0.717) is 11.5 Å². The lowest BCUT2D eigenvalue weighted by Crippen LogP contribution is -2.48. The monoisotopic (exact) mass is 366 g/mol. The molecule has 138 valence electrons. The molecule has 0 aliphatic carbocycles. The molecule has 0 aliphatic heterocycles. The zero-order valence-electron chi connectivity index (χ0n) is 15.0. The number of primary amides is 1. The molecule has 0 bridgehead atoms. The van der Waals surface area contributed by atoms with Crippen molar-refractivity contribution in [1.82, 2.24) is 10.6 Å². The van der Waals surface area contributed by atoms with Crippen molar-refractivity contribution in [2.75, 3.05) is 19.0 Å². The van der Waals surface area contributed by atoms with Gasteiger partial charge in [0.2, 0.25) is 11.8 Å². The number of ether oxygens (including phenoxy) is 1. The number of anilines is 1. The summed E-state index contributed by atoms with van der Waals surface area (Å²) in [6, 6.07) is 4.85. The van der Waals surface area contributed by atoms with Crippen LogP contribution >= 0.6 is 12.2 Å². The second kappa shape index (κ2) is 9.83. The number of benzene rings is 1. The quantitative estimate of drug-likeness (QED) is 0.517. The molecule has 0 heterocycles. The Labute approximate surface area is 153 Å². The van der Waals surface area contributed by atoms with Crippen LogP contribution in [0.2, 0.25) is 0 Å². The van der Waals surface area contributed by atoms with Crippen LogP contribution in [-0.4, -0.2) is 36.6 Å². The fourth-order valence-corrected chi connectivity index (χ4v) is 2.38. The molecule has 5 N–H and O–H groups in total. The molecule has 8 heteroatoms. The van der Waals surface area contributed by atoms with Gasteiger partial charge >= 0.3 is 0 Å². The van der Waals surface area contributed by atoms with Crippen LogP contribution in [0.3, 0.4) is 0 Å². The molecule has 0 aliphatic rings. The average Bonchev–Trinajstić information content (AvgIpc) is 2.53. The van der Waals surface area contributed by atoms with Gasteiger partial charge in [0.05, 0.1) is 13.7 Å². The van der Waals surface area contributed by atoms with E-state index in [-0.39, 0.29) is 18.4 Å². The van der Waals surface area contributed by atoms with Crippen LogP contribution in [0.4, 0.5) is 5.69 Å². The molecule has 0 fully saturated rings. The smallest absolute Gasteiger partial charge is 0.240 e. The largest absolute Gasteiger partial charge is 0.497 e. The Hall–Kier alpha value is -2.35. The molecular formula is C17H26N4O3S. The second-order valence-corrected chi connectivity index (χ2v) is 6.55. The van der Waals surface area contributed by atoms with E-state index in [9.17, 15) is 9.59 Å².